The number of hydrogen-bond donors (Lipinski definition) is 2. The molecule has 1 aromatic heterocycles. The maximum atomic E-state index is 12.6. The molecule has 0 unspecified atom stereocenters. The molecule has 0 aliphatic carbocycles. The Kier molecular flexibility index (Phi) is 5.69. The van der Waals surface area contributed by atoms with Gasteiger partial charge in [-0.25, -0.2) is 0 Å². The van der Waals surface area contributed by atoms with Crippen molar-refractivity contribution in [3.63, 3.8) is 0 Å². The summed E-state index contributed by atoms with van der Waals surface area (Å²) in [7, 11) is 0. The Morgan fingerprint density at radius 1 is 0.786 bits per heavy atom. The molecule has 0 radical (unpaired) electrons. The number of nitrogens with zero attached hydrogens (tertiary/aromatic N) is 3. The van der Waals surface area contributed by atoms with E-state index in [4.69, 9.17) is 11.6 Å². The summed E-state index contributed by atoms with van der Waals surface area (Å²) in [5.41, 5.74) is 1.62. The van der Waals surface area contributed by atoms with Crippen LogP contribution in [0.1, 0.15) is 30.9 Å². The van der Waals surface area contributed by atoms with Crippen molar-refractivity contribution in [3.8, 4) is 0 Å². The van der Waals surface area contributed by atoms with E-state index >= 15 is 0 Å². The van der Waals surface area contributed by atoms with Gasteiger partial charge in [-0.3, -0.25) is 0 Å². The van der Waals surface area contributed by atoms with Gasteiger partial charge in [0.15, 0.2) is 0 Å². The molecule has 0 amide bonds. The summed E-state index contributed by atoms with van der Waals surface area (Å²) >= 11 is 5.94. The van der Waals surface area contributed by atoms with Crippen LogP contribution in [0, 0.1) is 0 Å². The highest BCUT2D eigenvalue weighted by Gasteiger charge is 2.29. The van der Waals surface area contributed by atoms with E-state index < -0.39 is 11.7 Å². The molecule has 0 spiro atoms. The topological polar surface area (TPSA) is 62.7 Å². The molecule has 9 heteroatoms. The molecule has 2 N–H and O–H groups in total. The number of hydrogen-bond acceptors (Lipinski definition) is 5. The molecule has 0 aliphatic heterocycles. The lowest BCUT2D eigenvalue weighted by molar-refractivity contribution is -0.137. The van der Waals surface area contributed by atoms with Crippen LogP contribution >= 0.6 is 11.6 Å². The normalized spacial score (nSPS) is 11.5. The Balaban J connectivity index is 1.76. The first-order valence-corrected chi connectivity index (χ1v) is 8.81. The second-order valence-corrected chi connectivity index (χ2v) is 6.69. The molecule has 3 rings (SSSR count). The fourth-order valence-electron chi connectivity index (χ4n) is 2.41. The first-order chi connectivity index (χ1) is 13.2. The Morgan fingerprint density at radius 2 is 1.25 bits per heavy atom. The summed E-state index contributed by atoms with van der Waals surface area (Å²) in [6.07, 6.45) is -4.39. The summed E-state index contributed by atoms with van der Waals surface area (Å²) in [6.45, 7) is 4.21. The minimum absolute atomic E-state index is 0.0503. The number of nitrogens with one attached hydrogen (secondary N) is 2. The molecule has 0 fully saturated rings. The van der Waals surface area contributed by atoms with Gasteiger partial charge in [0, 0.05) is 11.4 Å². The molecule has 0 atom stereocenters. The van der Waals surface area contributed by atoms with Gasteiger partial charge in [0.05, 0.1) is 5.56 Å². The van der Waals surface area contributed by atoms with E-state index in [1.165, 1.54) is 17.7 Å². The van der Waals surface area contributed by atoms with Crippen LogP contribution in [0.4, 0.5) is 36.4 Å². The second-order valence-electron chi connectivity index (χ2n) is 6.35. The third-order valence-electron chi connectivity index (χ3n) is 3.91. The molecule has 1 heterocycles. The van der Waals surface area contributed by atoms with E-state index in [1.807, 2.05) is 24.3 Å². The van der Waals surface area contributed by atoms with Crippen LogP contribution in [0.3, 0.4) is 0 Å². The predicted octanol–water partition coefficient (Wildman–Crippen LogP) is 6.15. The molecule has 0 aliphatic rings. The Labute approximate surface area is 165 Å². The van der Waals surface area contributed by atoms with Crippen molar-refractivity contribution in [2.45, 2.75) is 25.9 Å². The summed E-state index contributed by atoms with van der Waals surface area (Å²) < 4.78 is 37.9. The fourth-order valence-corrected chi connectivity index (χ4v) is 2.57. The van der Waals surface area contributed by atoms with Gasteiger partial charge < -0.3 is 10.6 Å². The third-order valence-corrected chi connectivity index (χ3v) is 4.08. The number of alkyl halides is 3. The van der Waals surface area contributed by atoms with E-state index in [0.717, 1.165) is 17.8 Å². The molecule has 0 bridgehead atoms. The van der Waals surface area contributed by atoms with Gasteiger partial charge in [-0.15, -0.1) is 0 Å². The van der Waals surface area contributed by atoms with Gasteiger partial charge in [-0.05, 0) is 59.5 Å². The lowest BCUT2D eigenvalue weighted by Gasteiger charge is -2.11. The molecular formula is C19H17ClF3N5. The molecule has 0 saturated carbocycles. The third kappa shape index (κ3) is 5.10. The quantitative estimate of drug-likeness (QED) is 0.530. The minimum atomic E-state index is -4.39. The first-order valence-electron chi connectivity index (χ1n) is 8.43. The first kappa shape index (κ1) is 19.9. The van der Waals surface area contributed by atoms with Gasteiger partial charge in [-0.1, -0.05) is 26.0 Å². The zero-order valence-corrected chi connectivity index (χ0v) is 15.8. The molecule has 0 saturated heterocycles. The number of aromatic nitrogens is 3. The minimum Gasteiger partial charge on any atom is -0.324 e. The largest absolute Gasteiger partial charge is 0.416 e. The highest BCUT2D eigenvalue weighted by Crippen LogP contribution is 2.30. The van der Waals surface area contributed by atoms with Crippen LogP contribution in [0.15, 0.2) is 48.5 Å². The van der Waals surface area contributed by atoms with Crippen molar-refractivity contribution >= 4 is 34.9 Å². The van der Waals surface area contributed by atoms with E-state index in [9.17, 15) is 13.2 Å². The summed E-state index contributed by atoms with van der Waals surface area (Å²) in [6, 6.07) is 12.3. The molecule has 2 aromatic carbocycles. The van der Waals surface area contributed by atoms with Crippen molar-refractivity contribution < 1.29 is 13.2 Å². The Morgan fingerprint density at radius 3 is 1.68 bits per heavy atom. The average Bonchev–Trinajstić information content (AvgIpc) is 2.61. The Bertz CT molecular complexity index is 941. The molecule has 5 nitrogen and oxygen atoms in total. The summed E-state index contributed by atoms with van der Waals surface area (Å²) in [4.78, 5) is 12.2. The number of halogens is 4. The van der Waals surface area contributed by atoms with Crippen LogP contribution in [0.5, 0.6) is 0 Å². The van der Waals surface area contributed by atoms with E-state index in [-0.39, 0.29) is 17.2 Å². The fraction of sp³-hybridized carbons (Fsp3) is 0.211. The van der Waals surface area contributed by atoms with Gasteiger partial charge in [0.25, 0.3) is 0 Å². The van der Waals surface area contributed by atoms with Gasteiger partial charge >= 0.3 is 6.18 Å². The van der Waals surface area contributed by atoms with Crippen molar-refractivity contribution in [2.24, 2.45) is 0 Å². The molecule has 28 heavy (non-hydrogen) atoms. The summed E-state index contributed by atoms with van der Waals surface area (Å²) in [5, 5.41) is 5.80. The molecule has 146 valence electrons. The van der Waals surface area contributed by atoms with Gasteiger partial charge in [-0.2, -0.15) is 28.1 Å². The SMILES string of the molecule is CC(C)c1ccc(Nc2nc(Cl)nc(Nc3ccc(C(F)(F)F)cc3)n2)cc1. The van der Waals surface area contributed by atoms with Crippen LogP contribution in [-0.4, -0.2) is 15.0 Å². The molecular weight excluding hydrogens is 391 g/mol. The zero-order valence-electron chi connectivity index (χ0n) is 15.0. The second kappa shape index (κ2) is 8.02. The van der Waals surface area contributed by atoms with E-state index in [0.29, 0.717) is 11.6 Å². The van der Waals surface area contributed by atoms with Gasteiger partial charge in [0.2, 0.25) is 17.2 Å². The zero-order chi connectivity index (χ0) is 20.3. The number of rotatable bonds is 5. The smallest absolute Gasteiger partial charge is 0.324 e. The van der Waals surface area contributed by atoms with E-state index in [1.54, 1.807) is 0 Å². The van der Waals surface area contributed by atoms with Crippen molar-refractivity contribution in [1.29, 1.82) is 0 Å². The van der Waals surface area contributed by atoms with Crippen molar-refractivity contribution in [3.05, 3.63) is 64.9 Å². The highest BCUT2D eigenvalue weighted by atomic mass is 35.5. The average molecular weight is 408 g/mol. The van der Waals surface area contributed by atoms with Gasteiger partial charge in [0.1, 0.15) is 0 Å². The number of benzene rings is 2. The van der Waals surface area contributed by atoms with Crippen LogP contribution in [-0.2, 0) is 6.18 Å². The van der Waals surface area contributed by atoms with Crippen LogP contribution < -0.4 is 10.6 Å². The lowest BCUT2D eigenvalue weighted by Crippen LogP contribution is -2.06. The maximum Gasteiger partial charge on any atom is 0.416 e. The Hall–Kier alpha value is -2.87. The predicted molar refractivity (Wildman–Crippen MR) is 103 cm³/mol. The van der Waals surface area contributed by atoms with Crippen LogP contribution in [0.25, 0.3) is 0 Å². The number of anilines is 4. The van der Waals surface area contributed by atoms with Crippen molar-refractivity contribution in [1.82, 2.24) is 15.0 Å². The van der Waals surface area contributed by atoms with Crippen LogP contribution in [0.2, 0.25) is 5.28 Å². The molecule has 3 aromatic rings. The highest BCUT2D eigenvalue weighted by molar-refractivity contribution is 6.28. The lowest BCUT2D eigenvalue weighted by atomic mass is 10.0. The van der Waals surface area contributed by atoms with Crippen molar-refractivity contribution in [2.75, 3.05) is 10.6 Å². The summed E-state index contributed by atoms with van der Waals surface area (Å²) in [5.74, 6) is 0.743. The monoisotopic (exact) mass is 407 g/mol. The maximum absolute atomic E-state index is 12.6. The van der Waals surface area contributed by atoms with E-state index in [2.05, 4.69) is 39.4 Å². The standard InChI is InChI=1S/C19H17ClF3N5/c1-11(2)12-3-7-14(8-4-12)24-17-26-16(20)27-18(28-17)25-15-9-5-13(6-10-15)19(21,22)23/h3-11H,1-2H3,(H2,24,25,26,27,28).